The minimum absolute atomic E-state index is 0.336. The molecule has 0 spiro atoms. The van der Waals surface area contributed by atoms with Gasteiger partial charge in [-0.3, -0.25) is 0 Å². The van der Waals surface area contributed by atoms with Crippen molar-refractivity contribution in [3.8, 4) is 0 Å². The van der Waals surface area contributed by atoms with Crippen molar-refractivity contribution in [1.82, 2.24) is 4.98 Å². The molecule has 0 bridgehead atoms. The fourth-order valence-corrected chi connectivity index (χ4v) is 2.15. The van der Waals surface area contributed by atoms with Gasteiger partial charge >= 0.3 is 0 Å². The van der Waals surface area contributed by atoms with Gasteiger partial charge in [-0.2, -0.15) is 0 Å². The lowest BCUT2D eigenvalue weighted by Gasteiger charge is -2.20. The maximum Gasteiger partial charge on any atom is 0.255 e. The van der Waals surface area contributed by atoms with Crippen LogP contribution in [0.5, 0.6) is 0 Å². The van der Waals surface area contributed by atoms with Gasteiger partial charge in [0.25, 0.3) is 6.43 Å². The van der Waals surface area contributed by atoms with Crippen LogP contribution in [-0.4, -0.2) is 25.0 Å². The van der Waals surface area contributed by atoms with E-state index in [2.05, 4.69) is 4.98 Å². The van der Waals surface area contributed by atoms with Crippen LogP contribution in [0.15, 0.2) is 30.5 Å². The normalized spacial score (nSPS) is 11.2. The summed E-state index contributed by atoms with van der Waals surface area (Å²) < 4.78 is 24.9. The van der Waals surface area contributed by atoms with Crippen molar-refractivity contribution in [1.29, 1.82) is 0 Å². The van der Waals surface area contributed by atoms with Gasteiger partial charge in [0.15, 0.2) is 0 Å². The highest BCUT2D eigenvalue weighted by Gasteiger charge is 2.13. The van der Waals surface area contributed by atoms with Crippen molar-refractivity contribution in [2.75, 3.05) is 18.5 Å². The number of benzene rings is 1. The maximum atomic E-state index is 12.4. The van der Waals surface area contributed by atoms with Gasteiger partial charge in [0.1, 0.15) is 5.82 Å². The molecule has 0 aliphatic heterocycles. The third kappa shape index (κ3) is 2.53. The van der Waals surface area contributed by atoms with Crippen molar-refractivity contribution in [2.45, 2.75) is 12.3 Å². The Hall–Kier alpha value is -1.42. The topological polar surface area (TPSA) is 16.1 Å². The molecule has 96 valence electrons. The molecule has 0 N–H and O–H groups in total. The molecule has 2 aromatic rings. The molecular formula is C13H13ClF2N2. The molecule has 0 saturated carbocycles. The molecular weight excluding hydrogens is 258 g/mol. The molecule has 0 atom stereocenters. The van der Waals surface area contributed by atoms with Crippen molar-refractivity contribution in [3.63, 3.8) is 0 Å². The van der Waals surface area contributed by atoms with Crippen LogP contribution < -0.4 is 4.90 Å². The number of aromatic nitrogens is 1. The first-order valence-electron chi connectivity index (χ1n) is 5.55. The van der Waals surface area contributed by atoms with Gasteiger partial charge in [0.2, 0.25) is 0 Å². The number of halogens is 3. The summed E-state index contributed by atoms with van der Waals surface area (Å²) in [5, 5.41) is 1.80. The molecule has 1 heterocycles. The average molecular weight is 271 g/mol. The highest BCUT2D eigenvalue weighted by atomic mass is 35.5. The SMILES string of the molecule is CN(CC(F)F)c1ncc(CCl)c2ccccc12. The molecule has 1 aromatic carbocycles. The van der Waals surface area contributed by atoms with E-state index >= 15 is 0 Å². The number of hydrogen-bond acceptors (Lipinski definition) is 2. The molecule has 0 saturated heterocycles. The lowest BCUT2D eigenvalue weighted by Crippen LogP contribution is -2.25. The lowest BCUT2D eigenvalue weighted by molar-refractivity contribution is 0.156. The van der Waals surface area contributed by atoms with E-state index in [1.807, 2.05) is 24.3 Å². The second-order valence-electron chi connectivity index (χ2n) is 4.06. The number of hydrogen-bond donors (Lipinski definition) is 0. The van der Waals surface area contributed by atoms with Crippen LogP contribution in [-0.2, 0) is 5.88 Å². The number of anilines is 1. The van der Waals surface area contributed by atoms with Crippen molar-refractivity contribution in [2.24, 2.45) is 0 Å². The van der Waals surface area contributed by atoms with E-state index in [0.29, 0.717) is 11.7 Å². The highest BCUT2D eigenvalue weighted by Crippen LogP contribution is 2.27. The zero-order chi connectivity index (χ0) is 13.1. The number of pyridine rings is 1. The fraction of sp³-hybridized carbons (Fsp3) is 0.308. The van der Waals surface area contributed by atoms with E-state index < -0.39 is 6.43 Å². The van der Waals surface area contributed by atoms with Crippen LogP contribution in [0.2, 0.25) is 0 Å². The lowest BCUT2D eigenvalue weighted by atomic mass is 10.1. The molecule has 0 aliphatic rings. The van der Waals surface area contributed by atoms with Gasteiger partial charge in [-0.05, 0) is 10.9 Å². The Balaban J connectivity index is 2.52. The van der Waals surface area contributed by atoms with Crippen LogP contribution >= 0.6 is 11.6 Å². The first-order valence-corrected chi connectivity index (χ1v) is 6.08. The Morgan fingerprint density at radius 1 is 1.28 bits per heavy atom. The third-order valence-electron chi connectivity index (χ3n) is 2.77. The van der Waals surface area contributed by atoms with Gasteiger partial charge in [0.05, 0.1) is 6.54 Å². The Morgan fingerprint density at radius 3 is 2.56 bits per heavy atom. The molecule has 18 heavy (non-hydrogen) atoms. The zero-order valence-corrected chi connectivity index (χ0v) is 10.7. The molecule has 2 rings (SSSR count). The van der Waals surface area contributed by atoms with E-state index in [9.17, 15) is 8.78 Å². The predicted octanol–water partition coefficient (Wildman–Crippen LogP) is 3.67. The summed E-state index contributed by atoms with van der Waals surface area (Å²) in [6.07, 6.45) is -0.740. The van der Waals surface area contributed by atoms with Crippen molar-refractivity contribution < 1.29 is 8.78 Å². The summed E-state index contributed by atoms with van der Waals surface area (Å²) in [5.74, 6) is 0.909. The molecule has 0 aliphatic carbocycles. The van der Waals surface area contributed by atoms with Gasteiger partial charge in [-0.15, -0.1) is 11.6 Å². The summed E-state index contributed by atoms with van der Waals surface area (Å²) in [7, 11) is 1.61. The van der Waals surface area contributed by atoms with E-state index in [1.165, 1.54) is 4.90 Å². The van der Waals surface area contributed by atoms with E-state index in [0.717, 1.165) is 16.3 Å². The average Bonchev–Trinajstić information content (AvgIpc) is 2.36. The Bertz CT molecular complexity index is 546. The molecule has 1 aromatic heterocycles. The van der Waals surface area contributed by atoms with Gasteiger partial charge in [-0.1, -0.05) is 24.3 Å². The Labute approximate surface area is 109 Å². The number of fused-ring (bicyclic) bond motifs is 1. The summed E-state index contributed by atoms with van der Waals surface area (Å²) in [4.78, 5) is 5.70. The summed E-state index contributed by atoms with van der Waals surface area (Å²) in [6, 6.07) is 7.56. The molecule has 5 heteroatoms. The molecule has 0 amide bonds. The first-order chi connectivity index (χ1) is 8.63. The summed E-state index contributed by atoms with van der Waals surface area (Å²) in [6.45, 7) is -0.336. The summed E-state index contributed by atoms with van der Waals surface area (Å²) >= 11 is 5.85. The predicted molar refractivity (Wildman–Crippen MR) is 70.6 cm³/mol. The standard InChI is InChI=1S/C13H13ClF2N2/c1-18(8-12(15)16)13-11-5-3-2-4-10(11)9(6-14)7-17-13/h2-5,7,12H,6,8H2,1H3. The number of nitrogens with zero attached hydrogens (tertiary/aromatic N) is 2. The van der Waals surface area contributed by atoms with Crippen LogP contribution in [0.1, 0.15) is 5.56 Å². The Morgan fingerprint density at radius 2 is 1.94 bits per heavy atom. The van der Waals surface area contributed by atoms with E-state index in [1.54, 1.807) is 13.2 Å². The molecule has 0 radical (unpaired) electrons. The zero-order valence-electron chi connectivity index (χ0n) is 9.91. The van der Waals surface area contributed by atoms with Gasteiger partial charge < -0.3 is 4.90 Å². The molecule has 0 unspecified atom stereocenters. The second-order valence-corrected chi connectivity index (χ2v) is 4.33. The molecule has 2 nitrogen and oxygen atoms in total. The van der Waals surface area contributed by atoms with Crippen molar-refractivity contribution >= 4 is 28.2 Å². The smallest absolute Gasteiger partial charge is 0.255 e. The van der Waals surface area contributed by atoms with Gasteiger partial charge in [0, 0.05) is 24.5 Å². The largest absolute Gasteiger partial charge is 0.353 e. The number of alkyl halides is 3. The van der Waals surface area contributed by atoms with Gasteiger partial charge in [-0.25, -0.2) is 13.8 Å². The summed E-state index contributed by atoms with van der Waals surface area (Å²) in [5.41, 5.74) is 0.904. The maximum absolute atomic E-state index is 12.4. The van der Waals surface area contributed by atoms with E-state index in [-0.39, 0.29) is 6.54 Å². The quantitative estimate of drug-likeness (QED) is 0.788. The van der Waals surface area contributed by atoms with Crippen LogP contribution in [0.25, 0.3) is 10.8 Å². The fourth-order valence-electron chi connectivity index (χ4n) is 1.94. The van der Waals surface area contributed by atoms with Crippen LogP contribution in [0.3, 0.4) is 0 Å². The van der Waals surface area contributed by atoms with Crippen LogP contribution in [0.4, 0.5) is 14.6 Å². The first kappa shape index (κ1) is 13.0. The van der Waals surface area contributed by atoms with Crippen molar-refractivity contribution in [3.05, 3.63) is 36.0 Å². The highest BCUT2D eigenvalue weighted by molar-refractivity contribution is 6.18. The second kappa shape index (κ2) is 5.48. The molecule has 0 fully saturated rings. The number of rotatable bonds is 4. The third-order valence-corrected chi connectivity index (χ3v) is 3.06. The Kier molecular flexibility index (Phi) is 3.97. The monoisotopic (exact) mass is 270 g/mol. The van der Waals surface area contributed by atoms with Crippen LogP contribution in [0, 0.1) is 0 Å². The minimum Gasteiger partial charge on any atom is -0.353 e. The minimum atomic E-state index is -2.39. The van der Waals surface area contributed by atoms with E-state index in [4.69, 9.17) is 11.6 Å².